The van der Waals surface area contributed by atoms with E-state index in [0.29, 0.717) is 12.8 Å². The molecule has 0 saturated heterocycles. The average Bonchev–Trinajstić information content (AvgIpc) is 3.04. The number of amides is 3. The second-order valence-corrected chi connectivity index (χ2v) is 18.0. The molecule has 258 valence electrons. The van der Waals surface area contributed by atoms with Crippen LogP contribution in [0.5, 0.6) is 0 Å². The third-order valence-electron chi connectivity index (χ3n) is 8.41. The highest BCUT2D eigenvalue weighted by Gasteiger charge is 2.52. The van der Waals surface area contributed by atoms with Crippen LogP contribution in [0.4, 0.5) is 0 Å². The number of nitrogens with one attached hydrogen (secondary N) is 3. The lowest BCUT2D eigenvalue weighted by atomic mass is 10.0. The Hall–Kier alpha value is -4.28. The van der Waals surface area contributed by atoms with Gasteiger partial charge in [0.2, 0.25) is 17.7 Å². The first kappa shape index (κ1) is 38.2. The van der Waals surface area contributed by atoms with Crippen LogP contribution >= 0.6 is 0 Å². The van der Waals surface area contributed by atoms with Crippen molar-refractivity contribution in [1.82, 2.24) is 16.0 Å². The van der Waals surface area contributed by atoms with Crippen LogP contribution in [0, 0.1) is 5.92 Å². The molecule has 48 heavy (non-hydrogen) atoms. The Morgan fingerprint density at radius 3 is 1.65 bits per heavy atom. The highest BCUT2D eigenvalue weighted by Crippen LogP contribution is 2.37. The average molecular weight is 674 g/mol. The number of hydrogen-bond acceptors (Lipinski definition) is 5. The number of carbonyl (C=O) groups is 4. The Kier molecular flexibility index (Phi) is 13.7. The van der Waals surface area contributed by atoms with Crippen LogP contribution in [0.25, 0.3) is 0 Å². The van der Waals surface area contributed by atoms with Gasteiger partial charge in [-0.05, 0) is 53.1 Å². The largest absolute Gasteiger partial charge is 0.480 e. The Labute approximate surface area is 286 Å². The zero-order valence-electron chi connectivity index (χ0n) is 29.2. The molecule has 4 N–H and O–H groups in total. The molecule has 0 radical (unpaired) electrons. The standard InChI is InChI=1S/C38H51N3O6Si/c1-26(2)25-33(40-35(43)32(39-28(4)42)24-23-29-17-11-8-12-18-29)36(44)41-34(37(45)46)27(3)47-48(38(5,6)7,30-19-13-9-14-20-30)31-21-15-10-16-22-31/h8-22,26-27,32-34H,23-25H2,1-7H3,(H,39,42)(H,40,43)(H,41,44)(H,45,46)/t27-,32-,33-,34-/m0/s1. The fourth-order valence-corrected chi connectivity index (χ4v) is 10.8. The lowest BCUT2D eigenvalue weighted by Crippen LogP contribution is -2.69. The Bertz CT molecular complexity index is 1460. The second-order valence-electron chi connectivity index (χ2n) is 13.8. The third-order valence-corrected chi connectivity index (χ3v) is 13.5. The van der Waals surface area contributed by atoms with Gasteiger partial charge < -0.3 is 25.5 Å². The molecule has 0 aliphatic carbocycles. The van der Waals surface area contributed by atoms with Crippen LogP contribution in [0.15, 0.2) is 91.0 Å². The quantitative estimate of drug-likeness (QED) is 0.169. The molecule has 9 nitrogen and oxygen atoms in total. The van der Waals surface area contributed by atoms with E-state index in [0.717, 1.165) is 15.9 Å². The monoisotopic (exact) mass is 673 g/mol. The van der Waals surface area contributed by atoms with E-state index in [-0.39, 0.29) is 18.2 Å². The van der Waals surface area contributed by atoms with Gasteiger partial charge in [-0.2, -0.15) is 0 Å². The first-order chi connectivity index (χ1) is 22.7. The zero-order chi connectivity index (χ0) is 35.5. The van der Waals surface area contributed by atoms with Gasteiger partial charge in [0.1, 0.15) is 12.1 Å². The summed E-state index contributed by atoms with van der Waals surface area (Å²) in [5, 5.41) is 20.2. The van der Waals surface area contributed by atoms with Crippen LogP contribution < -0.4 is 26.3 Å². The Morgan fingerprint density at radius 2 is 1.21 bits per heavy atom. The van der Waals surface area contributed by atoms with Crippen molar-refractivity contribution >= 4 is 42.4 Å². The van der Waals surface area contributed by atoms with Crippen molar-refractivity contribution in [1.29, 1.82) is 0 Å². The van der Waals surface area contributed by atoms with E-state index in [2.05, 4.69) is 36.7 Å². The van der Waals surface area contributed by atoms with Gasteiger partial charge in [0.25, 0.3) is 8.32 Å². The first-order valence-corrected chi connectivity index (χ1v) is 18.5. The van der Waals surface area contributed by atoms with Crippen molar-refractivity contribution < 1.29 is 28.7 Å². The van der Waals surface area contributed by atoms with Crippen LogP contribution in [0.1, 0.15) is 66.9 Å². The predicted molar refractivity (Wildman–Crippen MR) is 191 cm³/mol. The van der Waals surface area contributed by atoms with Gasteiger partial charge in [-0.25, -0.2) is 4.79 Å². The van der Waals surface area contributed by atoms with Crippen molar-refractivity contribution in [2.75, 3.05) is 0 Å². The fourth-order valence-electron chi connectivity index (χ4n) is 6.12. The summed E-state index contributed by atoms with van der Waals surface area (Å²) in [6, 6.07) is 26.0. The summed E-state index contributed by atoms with van der Waals surface area (Å²) in [4.78, 5) is 52.2. The molecule has 3 amide bonds. The summed E-state index contributed by atoms with van der Waals surface area (Å²) < 4.78 is 7.01. The normalized spacial score (nSPS) is 14.3. The summed E-state index contributed by atoms with van der Waals surface area (Å²) in [7, 11) is -3.14. The molecule has 0 heterocycles. The molecular weight excluding hydrogens is 623 g/mol. The maximum absolute atomic E-state index is 13.8. The number of carbonyl (C=O) groups excluding carboxylic acids is 3. The minimum atomic E-state index is -3.14. The molecule has 4 atom stereocenters. The molecule has 10 heteroatoms. The van der Waals surface area contributed by atoms with Gasteiger partial charge in [-0.1, -0.05) is 126 Å². The van der Waals surface area contributed by atoms with E-state index in [4.69, 9.17) is 4.43 Å². The number of aliphatic carboxylic acids is 1. The maximum atomic E-state index is 13.8. The highest BCUT2D eigenvalue weighted by atomic mass is 28.4. The minimum Gasteiger partial charge on any atom is -0.480 e. The predicted octanol–water partition coefficient (Wildman–Crippen LogP) is 4.19. The Morgan fingerprint density at radius 1 is 0.729 bits per heavy atom. The molecule has 0 aliphatic heterocycles. The minimum absolute atomic E-state index is 0.00125. The Balaban J connectivity index is 1.89. The van der Waals surface area contributed by atoms with Gasteiger partial charge in [-0.3, -0.25) is 14.4 Å². The second kappa shape index (κ2) is 17.2. The lowest BCUT2D eigenvalue weighted by Gasteiger charge is -2.45. The molecule has 0 aliphatic rings. The van der Waals surface area contributed by atoms with Crippen molar-refractivity contribution in [2.24, 2.45) is 5.92 Å². The number of benzene rings is 3. The molecule has 3 rings (SSSR count). The molecule has 0 aromatic heterocycles. The molecule has 0 saturated carbocycles. The number of rotatable bonds is 16. The summed E-state index contributed by atoms with van der Waals surface area (Å²) in [6.07, 6.45) is 0.191. The summed E-state index contributed by atoms with van der Waals surface area (Å²) in [5.74, 6) is -2.76. The van der Waals surface area contributed by atoms with Crippen LogP contribution in [0.2, 0.25) is 5.04 Å². The molecule has 0 spiro atoms. The van der Waals surface area contributed by atoms with E-state index in [1.54, 1.807) is 6.92 Å². The van der Waals surface area contributed by atoms with Gasteiger partial charge in [0.05, 0.1) is 6.10 Å². The summed E-state index contributed by atoms with van der Waals surface area (Å²) in [5.41, 5.74) is 1.01. The summed E-state index contributed by atoms with van der Waals surface area (Å²) in [6.45, 7) is 13.1. The number of hydrogen-bond donors (Lipinski definition) is 4. The summed E-state index contributed by atoms with van der Waals surface area (Å²) >= 11 is 0. The van der Waals surface area contributed by atoms with E-state index >= 15 is 0 Å². The molecule has 3 aromatic carbocycles. The van der Waals surface area contributed by atoms with Gasteiger partial charge in [-0.15, -0.1) is 0 Å². The fraction of sp³-hybridized carbons (Fsp3) is 0.421. The number of carboxylic acids is 1. The van der Waals surface area contributed by atoms with Gasteiger partial charge in [0, 0.05) is 6.92 Å². The third kappa shape index (κ3) is 10.1. The molecular formula is C38H51N3O6Si. The molecule has 0 bridgehead atoms. The topological polar surface area (TPSA) is 134 Å². The van der Waals surface area contributed by atoms with E-state index < -0.39 is 55.4 Å². The number of aryl methyl sites for hydroxylation is 1. The maximum Gasteiger partial charge on any atom is 0.328 e. The first-order valence-electron chi connectivity index (χ1n) is 16.6. The van der Waals surface area contributed by atoms with E-state index in [1.807, 2.05) is 105 Å². The van der Waals surface area contributed by atoms with E-state index in [1.165, 1.54) is 6.92 Å². The van der Waals surface area contributed by atoms with Crippen LogP contribution in [-0.2, 0) is 30.0 Å². The van der Waals surface area contributed by atoms with Crippen LogP contribution in [-0.4, -0.2) is 61.3 Å². The van der Waals surface area contributed by atoms with Crippen molar-refractivity contribution in [3.8, 4) is 0 Å². The molecule has 3 aromatic rings. The zero-order valence-corrected chi connectivity index (χ0v) is 30.2. The smallest absolute Gasteiger partial charge is 0.328 e. The van der Waals surface area contributed by atoms with Crippen LogP contribution in [0.3, 0.4) is 0 Å². The molecule has 0 fully saturated rings. The van der Waals surface area contributed by atoms with Crippen molar-refractivity contribution in [3.63, 3.8) is 0 Å². The number of carboxylic acid groups (broad SMARTS) is 1. The lowest BCUT2D eigenvalue weighted by molar-refractivity contribution is -0.145. The highest BCUT2D eigenvalue weighted by molar-refractivity contribution is 6.99. The van der Waals surface area contributed by atoms with Gasteiger partial charge in [0.15, 0.2) is 6.04 Å². The van der Waals surface area contributed by atoms with E-state index in [9.17, 15) is 24.3 Å². The van der Waals surface area contributed by atoms with Gasteiger partial charge >= 0.3 is 5.97 Å². The SMILES string of the molecule is CC(=O)N[C@@H](CCc1ccccc1)C(=O)N[C@@H](CC(C)C)C(=O)N[C@H](C(=O)O)[C@H](C)O[Si](c1ccccc1)(c1ccccc1)C(C)(C)C. The van der Waals surface area contributed by atoms with Crippen molar-refractivity contribution in [2.45, 2.75) is 97.0 Å². The molecule has 0 unspecified atom stereocenters. The van der Waals surface area contributed by atoms with Crippen molar-refractivity contribution in [3.05, 3.63) is 96.6 Å².